The van der Waals surface area contributed by atoms with Crippen LogP contribution in [-0.4, -0.2) is 73.6 Å². The molecule has 0 radical (unpaired) electrons. The Hall–Kier alpha value is -1.67. The SMILES string of the molecule is NCCNC(=O)C1CCCN(CC(=O)N2CCOC2=O)C1. The topological polar surface area (TPSA) is 105 Å². The van der Waals surface area contributed by atoms with E-state index in [-0.39, 0.29) is 30.9 Å². The smallest absolute Gasteiger partial charge is 0.416 e. The second kappa shape index (κ2) is 7.37. The summed E-state index contributed by atoms with van der Waals surface area (Å²) in [5.74, 6) is -0.401. The molecule has 1 unspecified atom stereocenters. The van der Waals surface area contributed by atoms with Gasteiger partial charge in [-0.25, -0.2) is 9.69 Å². The van der Waals surface area contributed by atoms with Crippen LogP contribution in [0.1, 0.15) is 12.8 Å². The van der Waals surface area contributed by atoms with E-state index in [0.29, 0.717) is 26.2 Å². The maximum absolute atomic E-state index is 12.0. The first kappa shape index (κ1) is 15.7. The molecule has 8 nitrogen and oxygen atoms in total. The molecule has 0 saturated carbocycles. The highest BCUT2D eigenvalue weighted by atomic mass is 16.6. The molecule has 1 atom stereocenters. The number of imide groups is 1. The van der Waals surface area contributed by atoms with E-state index in [1.165, 1.54) is 0 Å². The van der Waals surface area contributed by atoms with Crippen LogP contribution in [0, 0.1) is 5.92 Å². The standard InChI is InChI=1S/C13H22N4O4/c14-3-4-15-12(19)10-2-1-5-16(8-10)9-11(18)17-6-7-21-13(17)20/h10H,1-9,14H2,(H,15,19). The van der Waals surface area contributed by atoms with Crippen molar-refractivity contribution in [2.24, 2.45) is 11.7 Å². The van der Waals surface area contributed by atoms with E-state index >= 15 is 0 Å². The molecule has 2 heterocycles. The maximum atomic E-state index is 12.0. The van der Waals surface area contributed by atoms with E-state index < -0.39 is 6.09 Å². The van der Waals surface area contributed by atoms with E-state index in [9.17, 15) is 14.4 Å². The molecule has 0 aliphatic carbocycles. The number of rotatable bonds is 5. The van der Waals surface area contributed by atoms with Gasteiger partial charge in [-0.2, -0.15) is 0 Å². The number of nitrogens with zero attached hydrogens (tertiary/aromatic N) is 2. The highest BCUT2D eigenvalue weighted by Crippen LogP contribution is 2.17. The van der Waals surface area contributed by atoms with Crippen molar-refractivity contribution in [3.63, 3.8) is 0 Å². The van der Waals surface area contributed by atoms with Crippen LogP contribution in [-0.2, 0) is 14.3 Å². The highest BCUT2D eigenvalue weighted by molar-refractivity contribution is 5.94. The van der Waals surface area contributed by atoms with Gasteiger partial charge in [-0.1, -0.05) is 0 Å². The van der Waals surface area contributed by atoms with E-state index in [4.69, 9.17) is 10.5 Å². The summed E-state index contributed by atoms with van der Waals surface area (Å²) in [7, 11) is 0. The fourth-order valence-corrected chi connectivity index (χ4v) is 2.65. The Labute approximate surface area is 123 Å². The molecule has 2 aliphatic heterocycles. The summed E-state index contributed by atoms with van der Waals surface area (Å²) in [5.41, 5.74) is 5.36. The third-order valence-electron chi connectivity index (χ3n) is 3.74. The van der Waals surface area contributed by atoms with E-state index in [1.54, 1.807) is 0 Å². The summed E-state index contributed by atoms with van der Waals surface area (Å²) in [4.78, 5) is 38.4. The minimum Gasteiger partial charge on any atom is -0.447 e. The quantitative estimate of drug-likeness (QED) is 0.657. The number of carbonyl (C=O) groups is 3. The van der Waals surface area contributed by atoms with Gasteiger partial charge in [-0.05, 0) is 19.4 Å². The fourth-order valence-electron chi connectivity index (χ4n) is 2.65. The van der Waals surface area contributed by atoms with Crippen LogP contribution in [0.2, 0.25) is 0 Å². The molecule has 2 saturated heterocycles. The lowest BCUT2D eigenvalue weighted by Gasteiger charge is -2.31. The predicted octanol–water partition coefficient (Wildman–Crippen LogP) is -1.25. The number of amides is 3. The number of ether oxygens (including phenoxy) is 1. The monoisotopic (exact) mass is 298 g/mol. The van der Waals surface area contributed by atoms with Gasteiger partial charge in [0.2, 0.25) is 11.8 Å². The minimum atomic E-state index is -0.575. The van der Waals surface area contributed by atoms with Gasteiger partial charge in [0.15, 0.2) is 0 Å². The summed E-state index contributed by atoms with van der Waals surface area (Å²) in [5, 5.41) is 2.78. The van der Waals surface area contributed by atoms with E-state index in [1.807, 2.05) is 4.90 Å². The fraction of sp³-hybridized carbons (Fsp3) is 0.769. The van der Waals surface area contributed by atoms with Gasteiger partial charge in [0.25, 0.3) is 0 Å². The Morgan fingerprint density at radius 2 is 2.19 bits per heavy atom. The molecule has 118 valence electrons. The van der Waals surface area contributed by atoms with Gasteiger partial charge in [0.1, 0.15) is 6.61 Å². The van der Waals surface area contributed by atoms with Crippen LogP contribution in [0.3, 0.4) is 0 Å². The Morgan fingerprint density at radius 1 is 1.38 bits per heavy atom. The van der Waals surface area contributed by atoms with Crippen molar-refractivity contribution in [1.29, 1.82) is 0 Å². The Balaban J connectivity index is 1.82. The van der Waals surface area contributed by atoms with Gasteiger partial charge in [0, 0.05) is 19.6 Å². The molecule has 0 bridgehead atoms. The van der Waals surface area contributed by atoms with Gasteiger partial charge in [-0.15, -0.1) is 0 Å². The zero-order chi connectivity index (χ0) is 15.2. The van der Waals surface area contributed by atoms with E-state index in [2.05, 4.69) is 5.32 Å². The predicted molar refractivity (Wildman–Crippen MR) is 74.3 cm³/mol. The lowest BCUT2D eigenvalue weighted by atomic mass is 9.97. The molecule has 2 rings (SSSR count). The van der Waals surface area contributed by atoms with Crippen molar-refractivity contribution in [1.82, 2.24) is 15.1 Å². The lowest BCUT2D eigenvalue weighted by molar-refractivity contribution is -0.132. The molecular formula is C13H22N4O4. The number of cyclic esters (lactones) is 1. The van der Waals surface area contributed by atoms with Gasteiger partial charge < -0.3 is 15.8 Å². The molecule has 0 aromatic rings. The van der Waals surface area contributed by atoms with Crippen LogP contribution >= 0.6 is 0 Å². The average molecular weight is 298 g/mol. The first-order chi connectivity index (χ1) is 10.1. The van der Waals surface area contributed by atoms with Crippen molar-refractivity contribution in [3.8, 4) is 0 Å². The molecule has 0 spiro atoms. The Kier molecular flexibility index (Phi) is 5.51. The second-order valence-corrected chi connectivity index (χ2v) is 5.31. The molecule has 3 amide bonds. The molecule has 8 heteroatoms. The molecular weight excluding hydrogens is 276 g/mol. The largest absolute Gasteiger partial charge is 0.447 e. The Bertz CT molecular complexity index is 415. The number of likely N-dealkylation sites (tertiary alicyclic amines) is 1. The summed E-state index contributed by atoms with van der Waals surface area (Å²) < 4.78 is 4.75. The molecule has 2 aliphatic rings. The summed E-state index contributed by atoms with van der Waals surface area (Å²) in [6.45, 7) is 2.89. The maximum Gasteiger partial charge on any atom is 0.416 e. The van der Waals surface area contributed by atoms with Crippen LogP contribution < -0.4 is 11.1 Å². The summed E-state index contributed by atoms with van der Waals surface area (Å²) in [6.07, 6.45) is 1.10. The second-order valence-electron chi connectivity index (χ2n) is 5.31. The summed E-state index contributed by atoms with van der Waals surface area (Å²) in [6, 6.07) is 0. The molecule has 0 aromatic heterocycles. The third kappa shape index (κ3) is 4.15. The molecule has 3 N–H and O–H groups in total. The zero-order valence-electron chi connectivity index (χ0n) is 12.0. The van der Waals surface area contributed by atoms with Crippen LogP contribution in [0.5, 0.6) is 0 Å². The molecule has 0 aromatic carbocycles. The number of carbonyl (C=O) groups excluding carboxylic acids is 3. The van der Waals surface area contributed by atoms with Crippen LogP contribution in [0.4, 0.5) is 4.79 Å². The first-order valence-electron chi connectivity index (χ1n) is 7.29. The number of nitrogens with one attached hydrogen (secondary N) is 1. The van der Waals surface area contributed by atoms with Gasteiger partial charge in [0.05, 0.1) is 19.0 Å². The number of nitrogens with two attached hydrogens (primary N) is 1. The zero-order valence-corrected chi connectivity index (χ0v) is 12.0. The Morgan fingerprint density at radius 3 is 2.86 bits per heavy atom. The first-order valence-corrected chi connectivity index (χ1v) is 7.29. The van der Waals surface area contributed by atoms with Gasteiger partial charge in [-0.3, -0.25) is 14.5 Å². The van der Waals surface area contributed by atoms with Crippen molar-refractivity contribution < 1.29 is 19.1 Å². The van der Waals surface area contributed by atoms with Crippen molar-refractivity contribution >= 4 is 17.9 Å². The van der Waals surface area contributed by atoms with Crippen molar-refractivity contribution in [2.75, 3.05) is 45.9 Å². The highest BCUT2D eigenvalue weighted by Gasteiger charge is 2.32. The van der Waals surface area contributed by atoms with Crippen molar-refractivity contribution in [3.05, 3.63) is 0 Å². The van der Waals surface area contributed by atoms with Gasteiger partial charge >= 0.3 is 6.09 Å². The number of piperidine rings is 1. The normalized spacial score (nSPS) is 23.0. The number of hydrogen-bond acceptors (Lipinski definition) is 6. The van der Waals surface area contributed by atoms with Crippen LogP contribution in [0.15, 0.2) is 0 Å². The molecule has 21 heavy (non-hydrogen) atoms. The molecule has 2 fully saturated rings. The third-order valence-corrected chi connectivity index (χ3v) is 3.74. The average Bonchev–Trinajstić information content (AvgIpc) is 2.91. The van der Waals surface area contributed by atoms with Crippen molar-refractivity contribution in [2.45, 2.75) is 12.8 Å². The van der Waals surface area contributed by atoms with E-state index in [0.717, 1.165) is 24.3 Å². The lowest BCUT2D eigenvalue weighted by Crippen LogP contribution is -2.48. The minimum absolute atomic E-state index is 0.0156. The number of hydrogen-bond donors (Lipinski definition) is 2. The summed E-state index contributed by atoms with van der Waals surface area (Å²) >= 11 is 0. The van der Waals surface area contributed by atoms with Crippen LogP contribution in [0.25, 0.3) is 0 Å².